The zero-order chi connectivity index (χ0) is 12.1. The summed E-state index contributed by atoms with van der Waals surface area (Å²) in [6, 6.07) is 9.95. The van der Waals surface area contributed by atoms with Crippen molar-refractivity contribution in [2.24, 2.45) is 0 Å². The molecule has 3 heteroatoms. The molecule has 0 atom stereocenters. The molecular weight excluding hydrogens is 212 g/mol. The molecule has 1 aromatic carbocycles. The number of pyridine rings is 1. The number of nitrogens with one attached hydrogen (secondary N) is 1. The molecule has 2 rings (SSSR count). The Bertz CT molecular complexity index is 480. The van der Waals surface area contributed by atoms with Gasteiger partial charge in [-0.3, -0.25) is 4.98 Å². The predicted octanol–water partition coefficient (Wildman–Crippen LogP) is 2.90. The highest BCUT2D eigenvalue weighted by Crippen LogP contribution is 2.23. The van der Waals surface area contributed by atoms with Crippen molar-refractivity contribution in [3.05, 3.63) is 53.9 Å². The second kappa shape index (κ2) is 5.46. The minimum atomic E-state index is 0.846. The number of rotatable bonds is 4. The molecule has 88 valence electrons. The van der Waals surface area contributed by atoms with Crippen LogP contribution < -0.4 is 10.1 Å². The van der Waals surface area contributed by atoms with Gasteiger partial charge in [-0.1, -0.05) is 12.1 Å². The summed E-state index contributed by atoms with van der Waals surface area (Å²) in [4.78, 5) is 4.04. The van der Waals surface area contributed by atoms with Crippen LogP contribution in [0.5, 0.6) is 11.5 Å². The third-order valence-corrected chi connectivity index (χ3v) is 2.50. The molecule has 2 aromatic rings. The van der Waals surface area contributed by atoms with E-state index >= 15 is 0 Å². The molecule has 0 aliphatic heterocycles. The van der Waals surface area contributed by atoms with Gasteiger partial charge in [0.05, 0.1) is 0 Å². The van der Waals surface area contributed by atoms with Crippen LogP contribution in [0.3, 0.4) is 0 Å². The number of nitrogens with zero attached hydrogens (tertiary/aromatic N) is 1. The molecule has 3 nitrogen and oxygen atoms in total. The largest absolute Gasteiger partial charge is 0.457 e. The third-order valence-electron chi connectivity index (χ3n) is 2.50. The number of hydrogen-bond acceptors (Lipinski definition) is 3. The molecular formula is C14H16N2O. The molecule has 1 heterocycles. The van der Waals surface area contributed by atoms with Gasteiger partial charge in [-0.15, -0.1) is 0 Å². The second-order valence-electron chi connectivity index (χ2n) is 3.92. The molecule has 0 aliphatic rings. The third kappa shape index (κ3) is 3.04. The van der Waals surface area contributed by atoms with Gasteiger partial charge >= 0.3 is 0 Å². The zero-order valence-corrected chi connectivity index (χ0v) is 10.1. The van der Waals surface area contributed by atoms with E-state index in [-0.39, 0.29) is 0 Å². The van der Waals surface area contributed by atoms with Crippen molar-refractivity contribution in [2.45, 2.75) is 13.5 Å². The molecule has 0 saturated heterocycles. The Kier molecular flexibility index (Phi) is 3.73. The van der Waals surface area contributed by atoms with Crippen LogP contribution in [0, 0.1) is 6.92 Å². The van der Waals surface area contributed by atoms with Crippen LogP contribution >= 0.6 is 0 Å². The highest BCUT2D eigenvalue weighted by molar-refractivity contribution is 5.36. The maximum absolute atomic E-state index is 5.78. The zero-order valence-electron chi connectivity index (χ0n) is 10.1. The van der Waals surface area contributed by atoms with E-state index in [9.17, 15) is 0 Å². The van der Waals surface area contributed by atoms with Crippen LogP contribution in [0.25, 0.3) is 0 Å². The molecule has 0 spiro atoms. The lowest BCUT2D eigenvalue weighted by Crippen LogP contribution is -2.04. The molecule has 1 aromatic heterocycles. The smallest absolute Gasteiger partial charge is 0.133 e. The Labute approximate surface area is 101 Å². The lowest BCUT2D eigenvalue weighted by Gasteiger charge is -2.08. The van der Waals surface area contributed by atoms with Crippen LogP contribution in [0.2, 0.25) is 0 Å². The molecule has 0 unspecified atom stereocenters. The maximum Gasteiger partial charge on any atom is 0.133 e. The minimum Gasteiger partial charge on any atom is -0.457 e. The van der Waals surface area contributed by atoms with Crippen molar-refractivity contribution >= 4 is 0 Å². The van der Waals surface area contributed by atoms with Crippen molar-refractivity contribution in [3.8, 4) is 11.5 Å². The normalized spacial score (nSPS) is 10.2. The van der Waals surface area contributed by atoms with Crippen molar-refractivity contribution in [1.29, 1.82) is 0 Å². The highest BCUT2D eigenvalue weighted by atomic mass is 16.5. The summed E-state index contributed by atoms with van der Waals surface area (Å²) in [5.74, 6) is 1.69. The van der Waals surface area contributed by atoms with Gasteiger partial charge in [0.25, 0.3) is 0 Å². The molecule has 0 saturated carbocycles. The average Bonchev–Trinajstić information content (AvgIpc) is 2.35. The number of ether oxygens (including phenoxy) is 1. The Morgan fingerprint density at radius 3 is 2.59 bits per heavy atom. The molecule has 0 aliphatic carbocycles. The maximum atomic E-state index is 5.78. The van der Waals surface area contributed by atoms with Crippen molar-refractivity contribution in [2.75, 3.05) is 7.05 Å². The second-order valence-corrected chi connectivity index (χ2v) is 3.92. The van der Waals surface area contributed by atoms with E-state index in [0.29, 0.717) is 0 Å². The summed E-state index contributed by atoms with van der Waals surface area (Å²) in [5.41, 5.74) is 2.28. The SMILES string of the molecule is CNCc1ccc(Oc2ccncc2C)cc1. The van der Waals surface area contributed by atoms with Crippen LogP contribution in [0.15, 0.2) is 42.7 Å². The van der Waals surface area contributed by atoms with Crippen molar-refractivity contribution < 1.29 is 4.74 Å². The Balaban J connectivity index is 2.11. The van der Waals surface area contributed by atoms with Crippen molar-refractivity contribution in [3.63, 3.8) is 0 Å². The first-order valence-electron chi connectivity index (χ1n) is 5.61. The van der Waals surface area contributed by atoms with Gasteiger partial charge in [0.2, 0.25) is 0 Å². The average molecular weight is 228 g/mol. The predicted molar refractivity (Wildman–Crippen MR) is 68.3 cm³/mol. The molecule has 17 heavy (non-hydrogen) atoms. The first-order chi connectivity index (χ1) is 8.29. The van der Waals surface area contributed by atoms with E-state index < -0.39 is 0 Å². The molecule has 0 fully saturated rings. The van der Waals surface area contributed by atoms with E-state index in [1.165, 1.54) is 5.56 Å². The monoisotopic (exact) mass is 228 g/mol. The standard InChI is InChI=1S/C14H16N2O/c1-11-9-16-8-7-14(11)17-13-5-3-12(4-6-13)10-15-2/h3-9,15H,10H2,1-2H3. The Morgan fingerprint density at radius 2 is 1.94 bits per heavy atom. The molecule has 0 radical (unpaired) electrons. The number of aromatic nitrogens is 1. The van der Waals surface area contributed by atoms with Gasteiger partial charge < -0.3 is 10.1 Å². The highest BCUT2D eigenvalue weighted by Gasteiger charge is 2.00. The fourth-order valence-electron chi connectivity index (χ4n) is 1.58. The molecule has 1 N–H and O–H groups in total. The van der Waals surface area contributed by atoms with Crippen LogP contribution in [0.1, 0.15) is 11.1 Å². The quantitative estimate of drug-likeness (QED) is 0.873. The summed E-state index contributed by atoms with van der Waals surface area (Å²) in [5, 5.41) is 3.11. The summed E-state index contributed by atoms with van der Waals surface area (Å²) in [7, 11) is 1.94. The van der Waals surface area contributed by atoms with Gasteiger partial charge in [0.15, 0.2) is 0 Å². The first-order valence-corrected chi connectivity index (χ1v) is 5.61. The fourth-order valence-corrected chi connectivity index (χ4v) is 1.58. The molecule has 0 bridgehead atoms. The van der Waals surface area contributed by atoms with Gasteiger partial charge in [0.1, 0.15) is 11.5 Å². The van der Waals surface area contributed by atoms with E-state index in [1.54, 1.807) is 12.4 Å². The van der Waals surface area contributed by atoms with E-state index in [2.05, 4.69) is 22.4 Å². The van der Waals surface area contributed by atoms with E-state index in [0.717, 1.165) is 23.6 Å². The number of benzene rings is 1. The van der Waals surface area contributed by atoms with E-state index in [1.807, 2.05) is 32.2 Å². The van der Waals surface area contributed by atoms with E-state index in [4.69, 9.17) is 4.74 Å². The van der Waals surface area contributed by atoms with Crippen molar-refractivity contribution in [1.82, 2.24) is 10.3 Å². The van der Waals surface area contributed by atoms with Crippen LogP contribution in [-0.2, 0) is 6.54 Å². The topological polar surface area (TPSA) is 34.1 Å². The van der Waals surface area contributed by atoms with Crippen LogP contribution in [0.4, 0.5) is 0 Å². The van der Waals surface area contributed by atoms with Gasteiger partial charge in [0, 0.05) is 24.5 Å². The van der Waals surface area contributed by atoms with Gasteiger partial charge in [-0.05, 0) is 37.7 Å². The van der Waals surface area contributed by atoms with Gasteiger partial charge in [-0.25, -0.2) is 0 Å². The summed E-state index contributed by atoms with van der Waals surface area (Å²) in [6.07, 6.45) is 3.53. The Morgan fingerprint density at radius 1 is 1.18 bits per heavy atom. The fraction of sp³-hybridized carbons (Fsp3) is 0.214. The number of aryl methyl sites for hydroxylation is 1. The summed E-state index contributed by atoms with van der Waals surface area (Å²) in [6.45, 7) is 2.85. The number of hydrogen-bond donors (Lipinski definition) is 1. The lowest BCUT2D eigenvalue weighted by atomic mass is 10.2. The lowest BCUT2D eigenvalue weighted by molar-refractivity contribution is 0.478. The molecule has 0 amide bonds. The minimum absolute atomic E-state index is 0.846. The Hall–Kier alpha value is -1.87. The first kappa shape index (κ1) is 11.6. The van der Waals surface area contributed by atoms with Crippen LogP contribution in [-0.4, -0.2) is 12.0 Å². The summed E-state index contributed by atoms with van der Waals surface area (Å²) < 4.78 is 5.78. The summed E-state index contributed by atoms with van der Waals surface area (Å²) >= 11 is 0. The van der Waals surface area contributed by atoms with Gasteiger partial charge in [-0.2, -0.15) is 0 Å².